The van der Waals surface area contributed by atoms with Crippen molar-refractivity contribution in [1.29, 1.82) is 0 Å². The monoisotopic (exact) mass is 611 g/mol. The normalized spacial score (nSPS) is 11.0. The van der Waals surface area contributed by atoms with E-state index in [2.05, 4.69) is 55.6 Å². The number of halogens is 2. The van der Waals surface area contributed by atoms with Gasteiger partial charge in [0, 0.05) is 21.0 Å². The summed E-state index contributed by atoms with van der Waals surface area (Å²) in [6, 6.07) is 23.0. The van der Waals surface area contributed by atoms with Crippen LogP contribution in [0.5, 0.6) is 5.75 Å². The van der Waals surface area contributed by atoms with Gasteiger partial charge in [-0.05, 0) is 46.9 Å². The third-order valence-electron chi connectivity index (χ3n) is 4.78. The summed E-state index contributed by atoms with van der Waals surface area (Å²) in [5, 5.41) is 4.96. The van der Waals surface area contributed by atoms with Crippen LogP contribution in [0.1, 0.15) is 15.9 Å². The average Bonchev–Trinajstić information content (AvgIpc) is 2.83. The van der Waals surface area contributed by atoms with Crippen molar-refractivity contribution in [3.05, 3.63) is 105 Å². The number of pyridine rings is 1. The number of aromatic nitrogens is 1. The molecule has 0 spiro atoms. The molecule has 0 saturated heterocycles. The van der Waals surface area contributed by atoms with Crippen LogP contribution in [-0.4, -0.2) is 23.7 Å². The van der Waals surface area contributed by atoms with Gasteiger partial charge in [-0.15, -0.1) is 0 Å². The van der Waals surface area contributed by atoms with Gasteiger partial charge in [0.2, 0.25) is 0 Å². The van der Waals surface area contributed by atoms with Crippen molar-refractivity contribution in [3.8, 4) is 17.0 Å². The van der Waals surface area contributed by atoms with Gasteiger partial charge in [-0.3, -0.25) is 4.79 Å². The number of nitrogens with zero attached hydrogens (tertiary/aromatic N) is 2. The number of ether oxygens (including phenoxy) is 1. The molecule has 0 radical (unpaired) electrons. The van der Waals surface area contributed by atoms with Crippen LogP contribution in [0.2, 0.25) is 0 Å². The first-order chi connectivity index (χ1) is 16.1. The molecule has 0 aliphatic heterocycles. The minimum absolute atomic E-state index is 0.319. The van der Waals surface area contributed by atoms with E-state index in [9.17, 15) is 4.79 Å². The highest BCUT2D eigenvalue weighted by atomic mass is 127. The van der Waals surface area contributed by atoms with Crippen molar-refractivity contribution in [2.75, 3.05) is 6.61 Å². The van der Waals surface area contributed by atoms with E-state index in [1.54, 1.807) is 18.4 Å². The number of nitrogens with one attached hydrogen (secondary N) is 1. The second-order valence-electron chi connectivity index (χ2n) is 7.04. The minimum Gasteiger partial charge on any atom is -0.488 e. The lowest BCUT2D eigenvalue weighted by molar-refractivity contribution is 0.0956. The van der Waals surface area contributed by atoms with Crippen molar-refractivity contribution in [3.63, 3.8) is 0 Å². The molecule has 164 valence electrons. The van der Waals surface area contributed by atoms with Crippen LogP contribution < -0.4 is 10.2 Å². The van der Waals surface area contributed by atoms with Crippen LogP contribution in [0.3, 0.4) is 0 Å². The Bertz CT molecular complexity index is 1360. The predicted octanol–water partition coefficient (Wildman–Crippen LogP) is 6.60. The van der Waals surface area contributed by atoms with Gasteiger partial charge in [0.15, 0.2) is 0 Å². The number of fused-ring (bicyclic) bond motifs is 1. The molecule has 1 N–H and O–H groups in total. The number of hydrogen-bond donors (Lipinski definition) is 1. The number of rotatable bonds is 7. The van der Waals surface area contributed by atoms with Gasteiger partial charge in [-0.1, -0.05) is 77.1 Å². The SMILES string of the molecule is C=CCOc1c(I)cc(Br)cc1/C=N\NC(=O)c1cc(-c2ccccc2)nc2ccccc12. The van der Waals surface area contributed by atoms with Gasteiger partial charge < -0.3 is 4.74 Å². The van der Waals surface area contributed by atoms with Crippen LogP contribution in [0.15, 0.2) is 95.0 Å². The zero-order chi connectivity index (χ0) is 23.2. The molecule has 0 bridgehead atoms. The topological polar surface area (TPSA) is 63.6 Å². The average molecular weight is 612 g/mol. The Labute approximate surface area is 213 Å². The van der Waals surface area contributed by atoms with Gasteiger partial charge in [0.1, 0.15) is 12.4 Å². The van der Waals surface area contributed by atoms with Crippen molar-refractivity contribution in [2.24, 2.45) is 5.10 Å². The second kappa shape index (κ2) is 10.7. The molecule has 0 unspecified atom stereocenters. The standard InChI is InChI=1S/C26H19BrIN3O2/c1-2-12-33-25-18(13-19(27)14-22(25)28)16-29-31-26(32)21-15-24(17-8-4-3-5-9-17)30-23-11-7-6-10-20(21)23/h2-11,13-16H,1,12H2,(H,31,32)/b29-16-. The Morgan fingerprint density at radius 3 is 2.67 bits per heavy atom. The third-order valence-corrected chi connectivity index (χ3v) is 6.04. The third kappa shape index (κ3) is 5.48. The van der Waals surface area contributed by atoms with E-state index in [1.807, 2.05) is 66.7 Å². The van der Waals surface area contributed by atoms with Gasteiger partial charge in [0.25, 0.3) is 5.91 Å². The maximum atomic E-state index is 13.1. The molecule has 4 rings (SSSR count). The first-order valence-electron chi connectivity index (χ1n) is 10.1. The molecule has 0 fully saturated rings. The van der Waals surface area contributed by atoms with E-state index in [4.69, 9.17) is 9.72 Å². The Kier molecular flexibility index (Phi) is 7.51. The van der Waals surface area contributed by atoms with E-state index in [-0.39, 0.29) is 5.91 Å². The highest BCUT2D eigenvalue weighted by molar-refractivity contribution is 14.1. The number of para-hydroxylation sites is 1. The quantitative estimate of drug-likeness (QED) is 0.111. The van der Waals surface area contributed by atoms with Gasteiger partial charge in [0.05, 0.1) is 26.6 Å². The number of hydrogen-bond acceptors (Lipinski definition) is 4. The molecule has 1 aromatic heterocycles. The number of carbonyl (C=O) groups excluding carboxylic acids is 1. The zero-order valence-corrected chi connectivity index (χ0v) is 21.2. The summed E-state index contributed by atoms with van der Waals surface area (Å²) in [6.07, 6.45) is 3.25. The van der Waals surface area contributed by atoms with Crippen LogP contribution in [0.4, 0.5) is 0 Å². The molecule has 33 heavy (non-hydrogen) atoms. The Hall–Kier alpha value is -3.04. The number of amides is 1. The van der Waals surface area contributed by atoms with E-state index in [0.29, 0.717) is 17.9 Å². The van der Waals surface area contributed by atoms with Gasteiger partial charge in [-0.2, -0.15) is 5.10 Å². The highest BCUT2D eigenvalue weighted by Gasteiger charge is 2.14. The van der Waals surface area contributed by atoms with Crippen molar-refractivity contribution in [2.45, 2.75) is 0 Å². The fourth-order valence-electron chi connectivity index (χ4n) is 3.31. The molecule has 0 atom stereocenters. The van der Waals surface area contributed by atoms with Crippen LogP contribution in [-0.2, 0) is 0 Å². The minimum atomic E-state index is -0.319. The summed E-state index contributed by atoms with van der Waals surface area (Å²) in [4.78, 5) is 17.8. The molecule has 7 heteroatoms. The van der Waals surface area contributed by atoms with Crippen molar-refractivity contribution in [1.82, 2.24) is 10.4 Å². The van der Waals surface area contributed by atoms with E-state index >= 15 is 0 Å². The summed E-state index contributed by atoms with van der Waals surface area (Å²) in [7, 11) is 0. The Balaban J connectivity index is 1.65. The fourth-order valence-corrected chi connectivity index (χ4v) is 5.02. The fraction of sp³-hybridized carbons (Fsp3) is 0.0385. The number of carbonyl (C=O) groups is 1. The first kappa shape index (κ1) is 23.1. The number of hydrazone groups is 1. The zero-order valence-electron chi connectivity index (χ0n) is 17.5. The molecule has 3 aromatic carbocycles. The summed E-state index contributed by atoms with van der Waals surface area (Å²) < 4.78 is 7.59. The molecule has 1 amide bonds. The summed E-state index contributed by atoms with van der Waals surface area (Å²) in [6.45, 7) is 4.06. The van der Waals surface area contributed by atoms with Crippen LogP contribution >= 0.6 is 38.5 Å². The Morgan fingerprint density at radius 1 is 1.12 bits per heavy atom. The van der Waals surface area contributed by atoms with Crippen LogP contribution in [0, 0.1) is 3.57 Å². The summed E-state index contributed by atoms with van der Waals surface area (Å²) >= 11 is 5.69. The second-order valence-corrected chi connectivity index (χ2v) is 9.12. The smallest absolute Gasteiger partial charge is 0.272 e. The number of benzene rings is 3. The lowest BCUT2D eigenvalue weighted by Crippen LogP contribution is -2.18. The molecule has 4 aromatic rings. The summed E-state index contributed by atoms with van der Waals surface area (Å²) in [5.74, 6) is 0.359. The molecule has 5 nitrogen and oxygen atoms in total. The van der Waals surface area contributed by atoms with Gasteiger partial charge >= 0.3 is 0 Å². The lowest BCUT2D eigenvalue weighted by atomic mass is 10.0. The van der Waals surface area contributed by atoms with Crippen molar-refractivity contribution >= 4 is 61.5 Å². The van der Waals surface area contributed by atoms with E-state index in [0.717, 1.165) is 35.8 Å². The molecular weight excluding hydrogens is 593 g/mol. The Morgan fingerprint density at radius 2 is 1.88 bits per heavy atom. The van der Waals surface area contributed by atoms with Gasteiger partial charge in [-0.25, -0.2) is 10.4 Å². The van der Waals surface area contributed by atoms with Crippen molar-refractivity contribution < 1.29 is 9.53 Å². The van der Waals surface area contributed by atoms with Crippen LogP contribution in [0.25, 0.3) is 22.2 Å². The molecule has 0 saturated carbocycles. The first-order valence-corrected chi connectivity index (χ1v) is 12.0. The molecule has 1 heterocycles. The molecule has 0 aliphatic rings. The highest BCUT2D eigenvalue weighted by Crippen LogP contribution is 2.29. The summed E-state index contributed by atoms with van der Waals surface area (Å²) in [5.41, 5.74) is 6.30. The molecular formula is C26H19BrIN3O2. The largest absolute Gasteiger partial charge is 0.488 e. The van der Waals surface area contributed by atoms with E-state index in [1.165, 1.54) is 0 Å². The maximum Gasteiger partial charge on any atom is 0.272 e. The lowest BCUT2D eigenvalue weighted by Gasteiger charge is -2.11. The van der Waals surface area contributed by atoms with E-state index < -0.39 is 0 Å². The molecule has 0 aliphatic carbocycles. The maximum absolute atomic E-state index is 13.1. The predicted molar refractivity (Wildman–Crippen MR) is 145 cm³/mol.